The number of piperidine rings is 1. The molecule has 2 aliphatic rings. The second kappa shape index (κ2) is 6.27. The normalized spacial score (nSPS) is 22.8. The first kappa shape index (κ1) is 15.5. The van der Waals surface area contributed by atoms with Gasteiger partial charge in [-0.25, -0.2) is 0 Å². The van der Waals surface area contributed by atoms with E-state index < -0.39 is 0 Å². The van der Waals surface area contributed by atoms with E-state index in [1.54, 1.807) is 0 Å². The summed E-state index contributed by atoms with van der Waals surface area (Å²) in [6, 6.07) is 0.327. The third-order valence-electron chi connectivity index (χ3n) is 4.52. The van der Waals surface area contributed by atoms with E-state index in [4.69, 9.17) is 5.73 Å². The Bertz CT molecular complexity index is 376. The van der Waals surface area contributed by atoms with Crippen LogP contribution in [0.5, 0.6) is 0 Å². The Hall–Kier alpha value is -0.870. The number of nitrogens with zero attached hydrogens (tertiary/aromatic N) is 2. The number of hydrogen-bond donors (Lipinski definition) is 1. The monoisotopic (exact) mass is 279 g/mol. The van der Waals surface area contributed by atoms with Gasteiger partial charge in [-0.05, 0) is 24.7 Å². The fourth-order valence-corrected chi connectivity index (χ4v) is 2.98. The molecule has 0 aromatic carbocycles. The van der Waals surface area contributed by atoms with Crippen LogP contribution in [0.1, 0.15) is 40.0 Å². The Morgan fingerprint density at radius 3 is 2.45 bits per heavy atom. The standard InChI is InChI=1S/C16H29N3O/c1-16(2,3)13-4-10-19(11-5-13)15(20)12-18-8-6-14(17)7-9-18/h4,14H,5-12,17H2,1-3H3. The summed E-state index contributed by atoms with van der Waals surface area (Å²) in [6.45, 7) is 10.9. The minimum atomic E-state index is 0.234. The van der Waals surface area contributed by atoms with Gasteiger partial charge in [0.15, 0.2) is 0 Å². The number of nitrogens with two attached hydrogens (primary N) is 1. The average Bonchev–Trinajstić information content (AvgIpc) is 2.40. The Balaban J connectivity index is 1.82. The van der Waals surface area contributed by atoms with Crippen LogP contribution in [-0.4, -0.2) is 54.5 Å². The molecule has 20 heavy (non-hydrogen) atoms. The molecule has 0 aliphatic carbocycles. The van der Waals surface area contributed by atoms with E-state index in [9.17, 15) is 4.79 Å². The van der Waals surface area contributed by atoms with Gasteiger partial charge >= 0.3 is 0 Å². The van der Waals surface area contributed by atoms with E-state index in [1.807, 2.05) is 4.90 Å². The van der Waals surface area contributed by atoms with Crippen molar-refractivity contribution in [3.8, 4) is 0 Å². The summed E-state index contributed by atoms with van der Waals surface area (Å²) in [6.07, 6.45) is 5.29. The van der Waals surface area contributed by atoms with Crippen molar-refractivity contribution in [2.75, 3.05) is 32.7 Å². The Kier molecular flexibility index (Phi) is 4.86. The molecule has 4 nitrogen and oxygen atoms in total. The zero-order valence-corrected chi connectivity index (χ0v) is 13.2. The highest BCUT2D eigenvalue weighted by Gasteiger charge is 2.25. The number of hydrogen-bond acceptors (Lipinski definition) is 3. The molecule has 1 fully saturated rings. The van der Waals surface area contributed by atoms with E-state index in [0.717, 1.165) is 45.4 Å². The first-order valence-electron chi connectivity index (χ1n) is 7.81. The van der Waals surface area contributed by atoms with Crippen LogP contribution in [0.3, 0.4) is 0 Å². The van der Waals surface area contributed by atoms with Crippen molar-refractivity contribution in [1.82, 2.24) is 9.80 Å². The lowest BCUT2D eigenvalue weighted by molar-refractivity contribution is -0.132. The van der Waals surface area contributed by atoms with Crippen LogP contribution >= 0.6 is 0 Å². The van der Waals surface area contributed by atoms with Crippen LogP contribution < -0.4 is 5.73 Å². The zero-order chi connectivity index (χ0) is 14.8. The Labute approximate surface area is 123 Å². The maximum Gasteiger partial charge on any atom is 0.237 e. The third-order valence-corrected chi connectivity index (χ3v) is 4.52. The van der Waals surface area contributed by atoms with Crippen LogP contribution in [0.4, 0.5) is 0 Å². The molecule has 0 radical (unpaired) electrons. The van der Waals surface area contributed by atoms with Gasteiger partial charge in [-0.2, -0.15) is 0 Å². The van der Waals surface area contributed by atoms with Gasteiger partial charge in [0.2, 0.25) is 5.91 Å². The third kappa shape index (κ3) is 4.06. The molecule has 2 heterocycles. The molecule has 2 aliphatic heterocycles. The van der Waals surface area contributed by atoms with Crippen molar-refractivity contribution in [3.05, 3.63) is 11.6 Å². The highest BCUT2D eigenvalue weighted by atomic mass is 16.2. The fraction of sp³-hybridized carbons (Fsp3) is 0.812. The van der Waals surface area contributed by atoms with E-state index in [1.165, 1.54) is 5.57 Å². The van der Waals surface area contributed by atoms with Gasteiger partial charge in [0.25, 0.3) is 0 Å². The van der Waals surface area contributed by atoms with Crippen molar-refractivity contribution >= 4 is 5.91 Å². The molecule has 0 atom stereocenters. The molecule has 4 heteroatoms. The number of likely N-dealkylation sites (tertiary alicyclic amines) is 1. The first-order chi connectivity index (χ1) is 9.36. The first-order valence-corrected chi connectivity index (χ1v) is 7.81. The van der Waals surface area contributed by atoms with Crippen LogP contribution in [0.2, 0.25) is 0 Å². The fourth-order valence-electron chi connectivity index (χ4n) is 2.98. The van der Waals surface area contributed by atoms with Gasteiger partial charge < -0.3 is 10.6 Å². The second-order valence-electron chi connectivity index (χ2n) is 7.18. The van der Waals surface area contributed by atoms with E-state index in [0.29, 0.717) is 12.6 Å². The summed E-state index contributed by atoms with van der Waals surface area (Å²) in [5, 5.41) is 0. The maximum atomic E-state index is 12.3. The minimum Gasteiger partial charge on any atom is -0.338 e. The summed E-state index contributed by atoms with van der Waals surface area (Å²) in [5.41, 5.74) is 7.61. The molecule has 0 unspecified atom stereocenters. The Morgan fingerprint density at radius 2 is 1.95 bits per heavy atom. The van der Waals surface area contributed by atoms with Crippen LogP contribution in [0, 0.1) is 5.41 Å². The van der Waals surface area contributed by atoms with Gasteiger partial charge in [-0.1, -0.05) is 32.4 Å². The predicted molar refractivity (Wildman–Crippen MR) is 82.4 cm³/mol. The van der Waals surface area contributed by atoms with Crippen molar-refractivity contribution in [2.45, 2.75) is 46.1 Å². The SMILES string of the molecule is CC(C)(C)C1=CCN(C(=O)CN2CCC(N)CC2)CC1. The van der Waals surface area contributed by atoms with Crippen molar-refractivity contribution in [1.29, 1.82) is 0 Å². The summed E-state index contributed by atoms with van der Waals surface area (Å²) >= 11 is 0. The summed E-state index contributed by atoms with van der Waals surface area (Å²) in [4.78, 5) is 16.6. The molecule has 1 amide bonds. The molecule has 2 rings (SSSR count). The van der Waals surface area contributed by atoms with Gasteiger partial charge in [-0.3, -0.25) is 9.69 Å². The molecule has 114 valence electrons. The predicted octanol–water partition coefficient (Wildman–Crippen LogP) is 1.61. The lowest BCUT2D eigenvalue weighted by atomic mass is 9.83. The van der Waals surface area contributed by atoms with Crippen LogP contribution in [0.15, 0.2) is 11.6 Å². The average molecular weight is 279 g/mol. The minimum absolute atomic E-state index is 0.234. The molecule has 0 saturated carbocycles. The van der Waals surface area contributed by atoms with Gasteiger partial charge in [0.05, 0.1) is 6.54 Å². The summed E-state index contributed by atoms with van der Waals surface area (Å²) in [5.74, 6) is 0.268. The molecule has 0 spiro atoms. The van der Waals surface area contributed by atoms with Crippen molar-refractivity contribution in [2.24, 2.45) is 11.1 Å². The van der Waals surface area contributed by atoms with E-state index in [-0.39, 0.29) is 11.3 Å². The summed E-state index contributed by atoms with van der Waals surface area (Å²) in [7, 11) is 0. The van der Waals surface area contributed by atoms with E-state index >= 15 is 0 Å². The largest absolute Gasteiger partial charge is 0.338 e. The smallest absolute Gasteiger partial charge is 0.237 e. The quantitative estimate of drug-likeness (QED) is 0.781. The Morgan fingerprint density at radius 1 is 1.30 bits per heavy atom. The molecule has 1 saturated heterocycles. The topological polar surface area (TPSA) is 49.6 Å². The molecule has 0 bridgehead atoms. The van der Waals surface area contributed by atoms with Gasteiger partial charge in [-0.15, -0.1) is 0 Å². The number of carbonyl (C=O) groups excluding carboxylic acids is 1. The molecule has 0 aromatic heterocycles. The second-order valence-corrected chi connectivity index (χ2v) is 7.18. The maximum absolute atomic E-state index is 12.3. The lowest BCUT2D eigenvalue weighted by Gasteiger charge is -2.35. The van der Waals surface area contributed by atoms with Crippen molar-refractivity contribution < 1.29 is 4.79 Å². The van der Waals surface area contributed by atoms with E-state index in [2.05, 4.69) is 31.7 Å². The highest BCUT2D eigenvalue weighted by molar-refractivity contribution is 5.78. The van der Waals surface area contributed by atoms with Gasteiger partial charge in [0.1, 0.15) is 0 Å². The molecule has 0 aromatic rings. The number of amides is 1. The molecule has 2 N–H and O–H groups in total. The number of carbonyl (C=O) groups is 1. The summed E-state index contributed by atoms with van der Waals surface area (Å²) < 4.78 is 0. The molecular weight excluding hydrogens is 250 g/mol. The van der Waals surface area contributed by atoms with Crippen LogP contribution in [0.25, 0.3) is 0 Å². The van der Waals surface area contributed by atoms with Gasteiger partial charge in [0, 0.05) is 32.2 Å². The highest BCUT2D eigenvalue weighted by Crippen LogP contribution is 2.30. The van der Waals surface area contributed by atoms with Crippen molar-refractivity contribution in [3.63, 3.8) is 0 Å². The van der Waals surface area contributed by atoms with Crippen LogP contribution in [-0.2, 0) is 4.79 Å². The zero-order valence-electron chi connectivity index (χ0n) is 13.2. The lowest BCUT2D eigenvalue weighted by Crippen LogP contribution is -2.46. The molecular formula is C16H29N3O. The number of rotatable bonds is 2.